The van der Waals surface area contributed by atoms with Crippen LogP contribution in [0.4, 0.5) is 0 Å². The second kappa shape index (κ2) is 7.85. The molecular formula is C10H21NOS2. The van der Waals surface area contributed by atoms with Gasteiger partial charge in [-0.2, -0.15) is 23.5 Å². The van der Waals surface area contributed by atoms with Crippen LogP contribution in [0.15, 0.2) is 0 Å². The number of aliphatic hydroxyl groups is 1. The van der Waals surface area contributed by atoms with Crippen LogP contribution < -0.4 is 5.32 Å². The number of nitrogens with one attached hydrogen (secondary N) is 1. The first kappa shape index (κ1) is 12.7. The van der Waals surface area contributed by atoms with Crippen molar-refractivity contribution in [1.29, 1.82) is 0 Å². The van der Waals surface area contributed by atoms with Gasteiger partial charge in [0.15, 0.2) is 0 Å². The van der Waals surface area contributed by atoms with E-state index in [2.05, 4.69) is 11.6 Å². The fourth-order valence-electron chi connectivity index (χ4n) is 1.69. The molecule has 84 valence electrons. The fourth-order valence-corrected chi connectivity index (χ4v) is 3.30. The summed E-state index contributed by atoms with van der Waals surface area (Å²) in [5, 5.41) is 12.8. The molecule has 4 heteroatoms. The zero-order valence-electron chi connectivity index (χ0n) is 8.87. The van der Waals surface area contributed by atoms with Gasteiger partial charge in [0.05, 0.1) is 6.61 Å². The Bertz CT molecular complexity index is 140. The van der Waals surface area contributed by atoms with E-state index in [9.17, 15) is 5.11 Å². The maximum Gasteiger partial charge on any atom is 0.0585 e. The summed E-state index contributed by atoms with van der Waals surface area (Å²) < 4.78 is 0. The lowest BCUT2D eigenvalue weighted by Crippen LogP contribution is -2.43. The Kier molecular flexibility index (Phi) is 7.12. The van der Waals surface area contributed by atoms with E-state index in [1.807, 2.05) is 23.5 Å². The van der Waals surface area contributed by atoms with Crippen LogP contribution in [0.5, 0.6) is 0 Å². The van der Waals surface area contributed by atoms with Crippen LogP contribution in [0.3, 0.4) is 0 Å². The smallest absolute Gasteiger partial charge is 0.0585 e. The molecule has 0 radical (unpaired) electrons. The molecule has 2 atom stereocenters. The molecule has 1 saturated heterocycles. The highest BCUT2D eigenvalue weighted by Gasteiger charge is 2.17. The zero-order valence-corrected chi connectivity index (χ0v) is 10.5. The Morgan fingerprint density at radius 3 is 3.07 bits per heavy atom. The summed E-state index contributed by atoms with van der Waals surface area (Å²) >= 11 is 3.88. The molecule has 0 amide bonds. The number of aliphatic hydroxyl groups excluding tert-OH is 1. The molecule has 0 aromatic carbocycles. The quantitative estimate of drug-likeness (QED) is 0.732. The molecule has 0 aromatic heterocycles. The normalized spacial score (nSPS) is 24.9. The molecule has 1 aliphatic rings. The molecule has 14 heavy (non-hydrogen) atoms. The zero-order chi connectivity index (χ0) is 10.2. The lowest BCUT2D eigenvalue weighted by atomic mass is 10.1. The van der Waals surface area contributed by atoms with Gasteiger partial charge in [-0.25, -0.2) is 0 Å². The average Bonchev–Trinajstić information content (AvgIpc) is 2.25. The lowest BCUT2D eigenvalue weighted by molar-refractivity contribution is 0.228. The first-order valence-corrected chi connectivity index (χ1v) is 7.85. The molecule has 1 heterocycles. The monoisotopic (exact) mass is 235 g/mol. The van der Waals surface area contributed by atoms with Gasteiger partial charge < -0.3 is 10.4 Å². The summed E-state index contributed by atoms with van der Waals surface area (Å²) in [7, 11) is 0. The number of hydrogen-bond donors (Lipinski definition) is 2. The van der Waals surface area contributed by atoms with E-state index in [1.165, 1.54) is 24.3 Å². The van der Waals surface area contributed by atoms with Gasteiger partial charge >= 0.3 is 0 Å². The van der Waals surface area contributed by atoms with E-state index in [-0.39, 0.29) is 6.61 Å². The van der Waals surface area contributed by atoms with Gasteiger partial charge in [-0.05, 0) is 37.0 Å². The Morgan fingerprint density at radius 1 is 1.64 bits per heavy atom. The summed E-state index contributed by atoms with van der Waals surface area (Å²) in [6, 6.07) is 0.943. The standard InChI is InChI=1S/C10H21NOS2/c1-13-6-4-9(7-12)11-10-3-2-5-14-8-10/h9-12H,2-8H2,1H3/t9-,10+/m1/s1. The highest BCUT2D eigenvalue weighted by atomic mass is 32.2. The second-order valence-electron chi connectivity index (χ2n) is 3.74. The highest BCUT2D eigenvalue weighted by molar-refractivity contribution is 7.99. The molecule has 0 spiro atoms. The summed E-state index contributed by atoms with van der Waals surface area (Å²) in [4.78, 5) is 0. The van der Waals surface area contributed by atoms with Crippen LogP contribution in [-0.4, -0.2) is 47.3 Å². The molecule has 0 unspecified atom stereocenters. The van der Waals surface area contributed by atoms with Gasteiger partial charge in [-0.1, -0.05) is 0 Å². The van der Waals surface area contributed by atoms with Crippen molar-refractivity contribution in [3.05, 3.63) is 0 Å². The maximum absolute atomic E-state index is 9.20. The second-order valence-corrected chi connectivity index (χ2v) is 5.88. The molecule has 2 N–H and O–H groups in total. The molecule has 2 nitrogen and oxygen atoms in total. The van der Waals surface area contributed by atoms with Crippen LogP contribution in [0.2, 0.25) is 0 Å². The summed E-state index contributed by atoms with van der Waals surface area (Å²) in [6.07, 6.45) is 5.80. The number of thioether (sulfide) groups is 2. The number of rotatable bonds is 6. The molecule has 0 aromatic rings. The van der Waals surface area contributed by atoms with Crippen LogP contribution in [-0.2, 0) is 0 Å². The van der Waals surface area contributed by atoms with E-state index in [0.717, 1.165) is 12.2 Å². The van der Waals surface area contributed by atoms with Gasteiger partial charge in [0.25, 0.3) is 0 Å². The Balaban J connectivity index is 2.16. The van der Waals surface area contributed by atoms with Crippen LogP contribution in [0, 0.1) is 0 Å². The van der Waals surface area contributed by atoms with E-state index < -0.39 is 0 Å². The molecule has 0 bridgehead atoms. The molecular weight excluding hydrogens is 214 g/mol. The van der Waals surface area contributed by atoms with Gasteiger partial charge in [0.2, 0.25) is 0 Å². The minimum atomic E-state index is 0.279. The molecule has 0 aliphatic carbocycles. The van der Waals surface area contributed by atoms with Crippen molar-refractivity contribution in [2.75, 3.05) is 30.1 Å². The predicted molar refractivity (Wildman–Crippen MR) is 67.4 cm³/mol. The van der Waals surface area contributed by atoms with Crippen molar-refractivity contribution in [2.45, 2.75) is 31.3 Å². The van der Waals surface area contributed by atoms with Crippen molar-refractivity contribution in [2.24, 2.45) is 0 Å². The third-order valence-corrected chi connectivity index (χ3v) is 4.38. The van der Waals surface area contributed by atoms with Crippen LogP contribution >= 0.6 is 23.5 Å². The van der Waals surface area contributed by atoms with Gasteiger partial charge in [0, 0.05) is 17.8 Å². The largest absolute Gasteiger partial charge is 0.395 e. The van der Waals surface area contributed by atoms with Crippen molar-refractivity contribution < 1.29 is 5.11 Å². The van der Waals surface area contributed by atoms with Crippen molar-refractivity contribution in [3.63, 3.8) is 0 Å². The van der Waals surface area contributed by atoms with E-state index >= 15 is 0 Å². The Labute approximate surface area is 95.6 Å². The fraction of sp³-hybridized carbons (Fsp3) is 1.00. The number of hydrogen-bond acceptors (Lipinski definition) is 4. The Hall–Kier alpha value is 0.620. The molecule has 1 rings (SSSR count). The lowest BCUT2D eigenvalue weighted by Gasteiger charge is -2.27. The van der Waals surface area contributed by atoms with Gasteiger partial charge in [-0.15, -0.1) is 0 Å². The molecule has 1 fully saturated rings. The average molecular weight is 235 g/mol. The van der Waals surface area contributed by atoms with Gasteiger partial charge in [0.1, 0.15) is 0 Å². The summed E-state index contributed by atoms with van der Waals surface area (Å²) in [5.41, 5.74) is 0. The summed E-state index contributed by atoms with van der Waals surface area (Å²) in [6.45, 7) is 0.279. The Morgan fingerprint density at radius 2 is 2.50 bits per heavy atom. The SMILES string of the molecule is CSCC[C@H](CO)N[C@H]1CCCSC1. The summed E-state index contributed by atoms with van der Waals surface area (Å²) in [5.74, 6) is 3.67. The first-order chi connectivity index (χ1) is 6.86. The van der Waals surface area contributed by atoms with E-state index in [1.54, 1.807) is 0 Å². The van der Waals surface area contributed by atoms with Crippen LogP contribution in [0.25, 0.3) is 0 Å². The van der Waals surface area contributed by atoms with E-state index in [4.69, 9.17) is 0 Å². The van der Waals surface area contributed by atoms with E-state index in [0.29, 0.717) is 12.1 Å². The van der Waals surface area contributed by atoms with Crippen LogP contribution in [0.1, 0.15) is 19.3 Å². The third-order valence-electron chi connectivity index (χ3n) is 2.52. The first-order valence-electron chi connectivity index (χ1n) is 5.30. The minimum Gasteiger partial charge on any atom is -0.395 e. The van der Waals surface area contributed by atoms with Crippen molar-refractivity contribution >= 4 is 23.5 Å². The topological polar surface area (TPSA) is 32.3 Å². The van der Waals surface area contributed by atoms with Crippen molar-refractivity contribution in [3.8, 4) is 0 Å². The highest BCUT2D eigenvalue weighted by Crippen LogP contribution is 2.17. The van der Waals surface area contributed by atoms with Gasteiger partial charge in [-0.3, -0.25) is 0 Å². The molecule has 0 saturated carbocycles. The predicted octanol–water partition coefficient (Wildman–Crippen LogP) is 1.59. The molecule has 1 aliphatic heterocycles. The minimum absolute atomic E-state index is 0.279. The maximum atomic E-state index is 9.20. The third kappa shape index (κ3) is 4.91. The van der Waals surface area contributed by atoms with Crippen molar-refractivity contribution in [1.82, 2.24) is 5.32 Å².